The Balaban J connectivity index is 2.62. The molecule has 0 unspecified atom stereocenters. The minimum Gasteiger partial charge on any atom is -0.450 e. The molecule has 0 bridgehead atoms. The second-order valence-corrected chi connectivity index (χ2v) is 3.98. The van der Waals surface area contributed by atoms with Crippen LogP contribution in [0.5, 0.6) is 0 Å². The molecule has 1 aliphatic rings. The molecular weight excluding hydrogens is 222 g/mol. The molecule has 0 saturated carbocycles. The summed E-state index contributed by atoms with van der Waals surface area (Å²) in [6.07, 6.45) is 1.31. The number of amides is 2. The summed E-state index contributed by atoms with van der Waals surface area (Å²) in [4.78, 5) is 24.7. The first kappa shape index (κ1) is 13.8. The normalized spacial score (nSPS) is 16.4. The molecule has 0 spiro atoms. The van der Waals surface area contributed by atoms with Gasteiger partial charge in [-0.15, -0.1) is 0 Å². The van der Waals surface area contributed by atoms with Crippen LogP contribution in [-0.4, -0.2) is 56.2 Å². The van der Waals surface area contributed by atoms with Crippen LogP contribution in [0.4, 0.5) is 4.79 Å². The van der Waals surface area contributed by atoms with E-state index in [4.69, 9.17) is 4.74 Å². The summed E-state index contributed by atoms with van der Waals surface area (Å²) in [5, 5.41) is 5.76. The number of hydrogen-bond donors (Lipinski definition) is 2. The van der Waals surface area contributed by atoms with Crippen molar-refractivity contribution in [3.8, 4) is 0 Å². The average molecular weight is 243 g/mol. The van der Waals surface area contributed by atoms with Crippen molar-refractivity contribution in [2.75, 3.05) is 33.3 Å². The minimum absolute atomic E-state index is 0.0694. The first-order valence-corrected chi connectivity index (χ1v) is 6.03. The van der Waals surface area contributed by atoms with Gasteiger partial charge >= 0.3 is 6.09 Å². The van der Waals surface area contributed by atoms with E-state index in [9.17, 15) is 9.59 Å². The van der Waals surface area contributed by atoms with Gasteiger partial charge in [0.25, 0.3) is 0 Å². The summed E-state index contributed by atoms with van der Waals surface area (Å²) in [6, 6.07) is 0.0904. The van der Waals surface area contributed by atoms with Gasteiger partial charge in [-0.1, -0.05) is 0 Å². The highest BCUT2D eigenvalue weighted by Crippen LogP contribution is 2.13. The zero-order valence-corrected chi connectivity index (χ0v) is 10.5. The Morgan fingerprint density at radius 1 is 1.41 bits per heavy atom. The molecule has 2 N–H and O–H groups in total. The van der Waals surface area contributed by atoms with E-state index in [2.05, 4.69) is 10.6 Å². The molecule has 17 heavy (non-hydrogen) atoms. The Hall–Kier alpha value is -1.30. The molecule has 2 amide bonds. The smallest absolute Gasteiger partial charge is 0.410 e. The van der Waals surface area contributed by atoms with Crippen LogP contribution in [0.2, 0.25) is 0 Å². The van der Waals surface area contributed by atoms with Crippen molar-refractivity contribution in [2.45, 2.75) is 25.8 Å². The van der Waals surface area contributed by atoms with Gasteiger partial charge in [0, 0.05) is 13.1 Å². The third kappa shape index (κ3) is 4.22. The Kier molecular flexibility index (Phi) is 5.76. The van der Waals surface area contributed by atoms with E-state index in [0.29, 0.717) is 6.61 Å². The lowest BCUT2D eigenvalue weighted by molar-refractivity contribution is -0.122. The third-order valence-electron chi connectivity index (χ3n) is 2.84. The van der Waals surface area contributed by atoms with Crippen molar-refractivity contribution in [2.24, 2.45) is 0 Å². The average Bonchev–Trinajstić information content (AvgIpc) is 2.36. The van der Waals surface area contributed by atoms with Crippen LogP contribution in [0.3, 0.4) is 0 Å². The SMILES string of the molecule is CCOC(=O)N(CC(=O)NC)C1CCNCC1. The molecule has 0 radical (unpaired) electrons. The van der Waals surface area contributed by atoms with Crippen molar-refractivity contribution >= 4 is 12.0 Å². The molecule has 0 aromatic rings. The van der Waals surface area contributed by atoms with Gasteiger partial charge in [-0.2, -0.15) is 0 Å². The molecule has 6 nitrogen and oxygen atoms in total. The molecule has 1 fully saturated rings. The Morgan fingerprint density at radius 2 is 2.06 bits per heavy atom. The van der Waals surface area contributed by atoms with Crippen LogP contribution >= 0.6 is 0 Å². The Bertz CT molecular complexity index is 265. The van der Waals surface area contributed by atoms with E-state index in [-0.39, 0.29) is 18.5 Å². The van der Waals surface area contributed by atoms with Crippen molar-refractivity contribution in [1.29, 1.82) is 0 Å². The number of nitrogens with zero attached hydrogens (tertiary/aromatic N) is 1. The van der Waals surface area contributed by atoms with Gasteiger partial charge in [0.05, 0.1) is 6.61 Å². The molecule has 1 saturated heterocycles. The fourth-order valence-electron chi connectivity index (χ4n) is 1.90. The summed E-state index contributed by atoms with van der Waals surface area (Å²) < 4.78 is 4.99. The van der Waals surface area contributed by atoms with Crippen molar-refractivity contribution < 1.29 is 14.3 Å². The predicted octanol–water partition coefficient (Wildman–Crippen LogP) is -0.0571. The number of piperidine rings is 1. The molecule has 6 heteroatoms. The Morgan fingerprint density at radius 3 is 2.59 bits per heavy atom. The van der Waals surface area contributed by atoms with Gasteiger partial charge in [0.1, 0.15) is 6.54 Å². The van der Waals surface area contributed by atoms with E-state index in [1.54, 1.807) is 14.0 Å². The quantitative estimate of drug-likeness (QED) is 0.726. The van der Waals surface area contributed by atoms with E-state index in [1.807, 2.05) is 0 Å². The van der Waals surface area contributed by atoms with Crippen LogP contribution in [0.15, 0.2) is 0 Å². The molecular formula is C11H21N3O3. The molecule has 0 aliphatic carbocycles. The van der Waals surface area contributed by atoms with Gasteiger partial charge < -0.3 is 15.4 Å². The lowest BCUT2D eigenvalue weighted by atomic mass is 10.1. The van der Waals surface area contributed by atoms with E-state index in [1.165, 1.54) is 4.90 Å². The number of hydrogen-bond acceptors (Lipinski definition) is 4. The topological polar surface area (TPSA) is 70.7 Å². The molecule has 0 aromatic heterocycles. The van der Waals surface area contributed by atoms with Crippen LogP contribution in [0.1, 0.15) is 19.8 Å². The summed E-state index contributed by atoms with van der Waals surface area (Å²) in [5.74, 6) is -0.170. The van der Waals surface area contributed by atoms with Gasteiger partial charge in [-0.25, -0.2) is 4.79 Å². The summed E-state index contributed by atoms with van der Waals surface area (Å²) in [5.41, 5.74) is 0. The number of carbonyl (C=O) groups is 2. The highest BCUT2D eigenvalue weighted by Gasteiger charge is 2.27. The van der Waals surface area contributed by atoms with Crippen molar-refractivity contribution in [1.82, 2.24) is 15.5 Å². The monoisotopic (exact) mass is 243 g/mol. The first-order valence-electron chi connectivity index (χ1n) is 6.03. The van der Waals surface area contributed by atoms with Gasteiger partial charge in [-0.3, -0.25) is 9.69 Å². The maximum atomic E-state index is 11.8. The fraction of sp³-hybridized carbons (Fsp3) is 0.818. The second-order valence-electron chi connectivity index (χ2n) is 3.98. The van der Waals surface area contributed by atoms with Crippen LogP contribution in [0, 0.1) is 0 Å². The van der Waals surface area contributed by atoms with Crippen LogP contribution < -0.4 is 10.6 Å². The zero-order chi connectivity index (χ0) is 12.7. The number of carbonyl (C=O) groups excluding carboxylic acids is 2. The van der Waals surface area contributed by atoms with Crippen molar-refractivity contribution in [3.05, 3.63) is 0 Å². The van der Waals surface area contributed by atoms with Crippen LogP contribution in [-0.2, 0) is 9.53 Å². The zero-order valence-electron chi connectivity index (χ0n) is 10.5. The molecule has 0 aromatic carbocycles. The summed E-state index contributed by atoms with van der Waals surface area (Å²) in [6.45, 7) is 3.90. The third-order valence-corrected chi connectivity index (χ3v) is 2.84. The van der Waals surface area contributed by atoms with Crippen molar-refractivity contribution in [3.63, 3.8) is 0 Å². The molecule has 1 rings (SSSR count). The van der Waals surface area contributed by atoms with E-state index in [0.717, 1.165) is 25.9 Å². The minimum atomic E-state index is -0.400. The van der Waals surface area contributed by atoms with E-state index >= 15 is 0 Å². The molecule has 1 aliphatic heterocycles. The second kappa shape index (κ2) is 7.11. The molecule has 98 valence electrons. The number of ether oxygens (including phenoxy) is 1. The summed E-state index contributed by atoms with van der Waals surface area (Å²) in [7, 11) is 1.56. The number of nitrogens with one attached hydrogen (secondary N) is 2. The van der Waals surface area contributed by atoms with Gasteiger partial charge in [-0.05, 0) is 32.9 Å². The predicted molar refractivity (Wildman–Crippen MR) is 63.7 cm³/mol. The lowest BCUT2D eigenvalue weighted by Gasteiger charge is -2.33. The van der Waals surface area contributed by atoms with E-state index < -0.39 is 6.09 Å². The van der Waals surface area contributed by atoms with Crippen LogP contribution in [0.25, 0.3) is 0 Å². The standard InChI is InChI=1S/C11H21N3O3/c1-3-17-11(16)14(8-10(15)12-2)9-4-6-13-7-5-9/h9,13H,3-8H2,1-2H3,(H,12,15). The fourth-order valence-corrected chi connectivity index (χ4v) is 1.90. The Labute approximate surface area is 102 Å². The lowest BCUT2D eigenvalue weighted by Crippen LogP contribution is -2.49. The van der Waals surface area contributed by atoms with Gasteiger partial charge in [0.15, 0.2) is 0 Å². The summed E-state index contributed by atoms with van der Waals surface area (Å²) >= 11 is 0. The highest BCUT2D eigenvalue weighted by atomic mass is 16.6. The maximum absolute atomic E-state index is 11.8. The largest absolute Gasteiger partial charge is 0.450 e. The maximum Gasteiger partial charge on any atom is 0.410 e. The molecule has 1 heterocycles. The highest BCUT2D eigenvalue weighted by molar-refractivity contribution is 5.82. The van der Waals surface area contributed by atoms with Gasteiger partial charge in [0.2, 0.25) is 5.91 Å². The number of rotatable bonds is 4. The number of likely N-dealkylation sites (N-methyl/N-ethyl adjacent to an activating group) is 1. The first-order chi connectivity index (χ1) is 8.19. The molecule has 0 atom stereocenters.